The van der Waals surface area contributed by atoms with Gasteiger partial charge in [0.2, 0.25) is 5.78 Å². The van der Waals surface area contributed by atoms with Gasteiger partial charge < -0.3 is 38.5 Å². The van der Waals surface area contributed by atoms with Crippen molar-refractivity contribution >= 4 is 35.8 Å². The van der Waals surface area contributed by atoms with Crippen molar-refractivity contribution in [3.63, 3.8) is 0 Å². The summed E-state index contributed by atoms with van der Waals surface area (Å²) in [6.45, 7) is 10.9. The van der Waals surface area contributed by atoms with Crippen LogP contribution in [0, 0.1) is 10.8 Å². The smallest absolute Gasteiger partial charge is 0.460 e. The average Bonchev–Trinajstić information content (AvgIpc) is 3.23. The van der Waals surface area contributed by atoms with E-state index in [4.69, 9.17) is 18.9 Å². The van der Waals surface area contributed by atoms with Crippen LogP contribution >= 0.6 is 0 Å². The van der Waals surface area contributed by atoms with Gasteiger partial charge in [0.1, 0.15) is 45.4 Å². The molecule has 0 saturated carbocycles. The number of alkyl halides is 12. The molecule has 15 nitrogen and oxygen atoms in total. The lowest BCUT2D eigenvalue weighted by Gasteiger charge is -2.36. The molecule has 1 amide bonds. The van der Waals surface area contributed by atoms with Crippen molar-refractivity contribution in [3.8, 4) is 5.75 Å². The van der Waals surface area contributed by atoms with Gasteiger partial charge in [-0.05, 0) is 78.6 Å². The molecular weight excluding hydrogens is 958 g/mol. The maximum Gasteiger partial charge on any atom is 0.460 e. The summed E-state index contributed by atoms with van der Waals surface area (Å²) in [5.41, 5.74) is -4.48. The molecular formula is C41H53F12NO14. The SMILES string of the molecule is C=CC(=O)OCCNC(=O)OCCOC(=O)C(C)(C)CC.CCC(C)(C)C(=O)OCCOc1ccc(C(=O)C(C)(C)OC(=O)C(F)(OC(F)(F)C(C)(F)OCC(F)(F)C(F)(F)F)C(F)(F)F)cc1. The Morgan fingerprint density at radius 3 is 1.53 bits per heavy atom. The monoisotopic (exact) mass is 1010 g/mol. The Hall–Kier alpha value is -5.34. The number of Topliss-reactive ketones (excluding diaryl/α,β-unsaturated/α-hetero) is 1. The first-order valence-electron chi connectivity index (χ1n) is 19.9. The predicted octanol–water partition coefficient (Wildman–Crippen LogP) is 8.71. The second-order valence-electron chi connectivity index (χ2n) is 15.9. The van der Waals surface area contributed by atoms with E-state index in [9.17, 15) is 81.5 Å². The second-order valence-corrected chi connectivity index (χ2v) is 15.9. The summed E-state index contributed by atoms with van der Waals surface area (Å²) in [6.07, 6.45) is -18.2. The number of halogens is 12. The van der Waals surface area contributed by atoms with Crippen LogP contribution in [0.4, 0.5) is 57.5 Å². The summed E-state index contributed by atoms with van der Waals surface area (Å²) in [6, 6.07) is 4.29. The van der Waals surface area contributed by atoms with Crippen molar-refractivity contribution in [2.24, 2.45) is 10.8 Å². The van der Waals surface area contributed by atoms with Gasteiger partial charge in [0.05, 0.1) is 17.4 Å². The molecule has 27 heteroatoms. The van der Waals surface area contributed by atoms with Crippen molar-refractivity contribution in [1.29, 1.82) is 0 Å². The fourth-order valence-electron chi connectivity index (χ4n) is 3.93. The highest BCUT2D eigenvalue weighted by atomic mass is 19.4. The van der Waals surface area contributed by atoms with Crippen LogP contribution in [-0.4, -0.2) is 124 Å². The largest absolute Gasteiger partial charge is 0.490 e. The fourth-order valence-corrected chi connectivity index (χ4v) is 3.93. The zero-order valence-electron chi connectivity index (χ0n) is 38.2. The molecule has 0 aromatic heterocycles. The van der Waals surface area contributed by atoms with Crippen LogP contribution in [0.25, 0.3) is 0 Å². The Labute approximate surface area is 382 Å². The van der Waals surface area contributed by atoms with Crippen LogP contribution < -0.4 is 10.1 Å². The van der Waals surface area contributed by atoms with E-state index in [0.717, 1.165) is 30.3 Å². The summed E-state index contributed by atoms with van der Waals surface area (Å²) >= 11 is 0. The Bertz CT molecular complexity index is 1870. The number of ketones is 1. The molecule has 2 unspecified atom stereocenters. The number of amides is 1. The zero-order valence-corrected chi connectivity index (χ0v) is 38.2. The van der Waals surface area contributed by atoms with Crippen LogP contribution in [-0.2, 0) is 52.3 Å². The zero-order chi connectivity index (χ0) is 53.4. The minimum Gasteiger partial charge on any atom is -0.490 e. The number of hydrogen-bond donors (Lipinski definition) is 1. The van der Waals surface area contributed by atoms with Crippen molar-refractivity contribution in [3.05, 3.63) is 42.5 Å². The van der Waals surface area contributed by atoms with Crippen molar-refractivity contribution in [1.82, 2.24) is 5.32 Å². The first kappa shape index (κ1) is 62.7. The highest BCUT2D eigenvalue weighted by molar-refractivity contribution is 6.03. The van der Waals surface area contributed by atoms with Gasteiger partial charge in [-0.25, -0.2) is 18.8 Å². The number of esters is 4. The first-order valence-corrected chi connectivity index (χ1v) is 19.9. The average molecular weight is 1010 g/mol. The van der Waals surface area contributed by atoms with E-state index in [1.54, 1.807) is 34.6 Å². The van der Waals surface area contributed by atoms with Crippen LogP contribution in [0.15, 0.2) is 36.9 Å². The van der Waals surface area contributed by atoms with Crippen molar-refractivity contribution < 1.29 is 119 Å². The predicted molar refractivity (Wildman–Crippen MR) is 209 cm³/mol. The molecule has 1 N–H and O–H groups in total. The minimum atomic E-state index is -6.84. The molecule has 68 heavy (non-hydrogen) atoms. The number of alkyl carbamates (subject to hydrolysis) is 1. The van der Waals surface area contributed by atoms with Crippen LogP contribution in [0.1, 0.15) is 85.5 Å². The first-order chi connectivity index (χ1) is 30.7. The molecule has 0 aliphatic rings. The van der Waals surface area contributed by atoms with E-state index < -0.39 is 101 Å². The van der Waals surface area contributed by atoms with Crippen LogP contribution in [0.3, 0.4) is 0 Å². The number of hydrogen-bond acceptors (Lipinski definition) is 14. The third-order valence-electron chi connectivity index (χ3n) is 9.16. The third-order valence-corrected chi connectivity index (χ3v) is 9.16. The number of carbonyl (C=O) groups excluding carboxylic acids is 6. The van der Waals surface area contributed by atoms with E-state index in [-0.39, 0.29) is 51.3 Å². The Kier molecular flexibility index (Phi) is 22.8. The lowest BCUT2D eigenvalue weighted by Crippen LogP contribution is -2.61. The summed E-state index contributed by atoms with van der Waals surface area (Å²) in [4.78, 5) is 70.6. The highest BCUT2D eigenvalue weighted by Gasteiger charge is 2.73. The number of ether oxygens (including phenoxy) is 8. The maximum atomic E-state index is 14.9. The standard InChI is InChI=1S/C27H30F12O8.C14H23NO6/c1-7-20(2,3)18(41)44-13-12-43-16-10-8-15(9-11-16)17(40)21(4,5)46-19(42)24(31,26(35,36)37)47-27(38,39)22(6,28)45-14-23(29,30)25(32,33)34;1-5-11(16)19-8-7-15-13(18)21-10-9-20-12(17)14(3,4)6-2/h8-11H,7,12-14H2,1-6H3;5H,1,6-10H2,2-4H3,(H,15,18). The summed E-state index contributed by atoms with van der Waals surface area (Å²) in [5.74, 6) is -23.7. The minimum absolute atomic E-state index is 0.00112. The molecule has 1 rings (SSSR count). The van der Waals surface area contributed by atoms with Gasteiger partial charge in [0.15, 0.2) is 5.60 Å². The second kappa shape index (κ2) is 24.8. The molecule has 1 aromatic rings. The summed E-state index contributed by atoms with van der Waals surface area (Å²) in [5, 5.41) is 2.38. The van der Waals surface area contributed by atoms with Gasteiger partial charge in [0.25, 0.3) is 5.85 Å². The molecule has 0 aliphatic heterocycles. The van der Waals surface area contributed by atoms with E-state index in [1.165, 1.54) is 0 Å². The van der Waals surface area contributed by atoms with Crippen LogP contribution in [0.2, 0.25) is 0 Å². The van der Waals surface area contributed by atoms with Gasteiger partial charge in [-0.15, -0.1) is 0 Å². The van der Waals surface area contributed by atoms with E-state index >= 15 is 0 Å². The van der Waals surface area contributed by atoms with Gasteiger partial charge in [-0.1, -0.05) is 20.4 Å². The molecule has 1 aromatic carbocycles. The number of carbonyl (C=O) groups is 6. The molecule has 2 atom stereocenters. The van der Waals surface area contributed by atoms with E-state index in [1.807, 2.05) is 6.92 Å². The highest BCUT2D eigenvalue weighted by Crippen LogP contribution is 2.47. The van der Waals surface area contributed by atoms with Gasteiger partial charge in [-0.2, -0.15) is 48.3 Å². The molecule has 0 bridgehead atoms. The Balaban J connectivity index is 0.00000178. The fraction of sp³-hybridized carbons (Fsp3) is 0.659. The normalized spacial score (nSPS) is 14.4. The lowest BCUT2D eigenvalue weighted by molar-refractivity contribution is -0.457. The topological polar surface area (TPSA) is 188 Å². The van der Waals surface area contributed by atoms with E-state index in [0.29, 0.717) is 26.7 Å². The number of benzene rings is 1. The molecule has 390 valence electrons. The van der Waals surface area contributed by atoms with E-state index in [2.05, 4.69) is 30.8 Å². The number of rotatable bonds is 25. The van der Waals surface area contributed by atoms with Gasteiger partial charge >= 0.3 is 60.2 Å². The van der Waals surface area contributed by atoms with Crippen molar-refractivity contribution in [2.45, 2.75) is 117 Å². The molecule has 0 spiro atoms. The molecule has 0 heterocycles. The quantitative estimate of drug-likeness (QED) is 0.0245. The number of nitrogens with one attached hydrogen (secondary N) is 1. The molecule has 0 aliphatic carbocycles. The summed E-state index contributed by atoms with van der Waals surface area (Å²) in [7, 11) is 0. The van der Waals surface area contributed by atoms with Gasteiger partial charge in [-0.3, -0.25) is 19.1 Å². The molecule has 0 fully saturated rings. The maximum absolute atomic E-state index is 14.9. The Morgan fingerprint density at radius 2 is 1.09 bits per heavy atom. The van der Waals surface area contributed by atoms with Gasteiger partial charge in [0, 0.05) is 18.6 Å². The van der Waals surface area contributed by atoms with Crippen molar-refractivity contribution in [2.75, 3.05) is 46.2 Å². The third kappa shape index (κ3) is 19.0. The molecule has 0 radical (unpaired) electrons. The molecule has 0 saturated heterocycles. The summed E-state index contributed by atoms with van der Waals surface area (Å²) < 4.78 is 196. The lowest BCUT2D eigenvalue weighted by atomic mass is 9.91. The van der Waals surface area contributed by atoms with Crippen LogP contribution in [0.5, 0.6) is 5.75 Å². The Morgan fingerprint density at radius 1 is 0.618 bits per heavy atom.